The quantitative estimate of drug-likeness (QED) is 0.420. The van der Waals surface area contributed by atoms with E-state index >= 15 is 0 Å². The number of hydrogen-bond acceptors (Lipinski definition) is 5. The minimum Gasteiger partial charge on any atom is -0.415 e. The number of carbonyl (C=O) groups is 1. The lowest BCUT2D eigenvalue weighted by Gasteiger charge is -2.35. The zero-order valence-corrected chi connectivity index (χ0v) is 19.9. The van der Waals surface area contributed by atoms with Crippen molar-refractivity contribution in [3.63, 3.8) is 0 Å². The summed E-state index contributed by atoms with van der Waals surface area (Å²) in [6.45, 7) is 4.26. The van der Waals surface area contributed by atoms with Gasteiger partial charge in [0.25, 0.3) is 0 Å². The van der Waals surface area contributed by atoms with Crippen LogP contribution in [0.15, 0.2) is 60.7 Å². The third-order valence-electron chi connectivity index (χ3n) is 5.92. The second kappa shape index (κ2) is 12.1. The Labute approximate surface area is 191 Å². The maximum atomic E-state index is 14.4. The van der Waals surface area contributed by atoms with Crippen LogP contribution >= 0.6 is 7.60 Å². The van der Waals surface area contributed by atoms with Crippen LogP contribution in [0.3, 0.4) is 0 Å². The molecular formula is C25H35N2O4P. The fraction of sp³-hybridized carbons (Fsp3) is 0.480. The summed E-state index contributed by atoms with van der Waals surface area (Å²) in [5, 5.41) is 6.24. The lowest BCUT2D eigenvalue weighted by molar-refractivity contribution is -0.121. The van der Waals surface area contributed by atoms with Gasteiger partial charge in [-0.1, -0.05) is 62.6 Å². The Balaban J connectivity index is 1.89. The fourth-order valence-electron chi connectivity index (χ4n) is 3.92. The molecule has 0 bridgehead atoms. The van der Waals surface area contributed by atoms with Crippen molar-refractivity contribution in [2.75, 3.05) is 6.54 Å². The van der Waals surface area contributed by atoms with E-state index in [4.69, 9.17) is 9.05 Å². The summed E-state index contributed by atoms with van der Waals surface area (Å²) in [7, 11) is -3.81. The number of rotatable bonds is 11. The Morgan fingerprint density at radius 1 is 0.969 bits per heavy atom. The Bertz CT molecular complexity index is 827. The largest absolute Gasteiger partial charge is 0.453 e. The number of amides is 1. The highest BCUT2D eigenvalue weighted by atomic mass is 31.2. The Hall–Kier alpha value is -2.30. The molecule has 2 unspecified atom stereocenters. The summed E-state index contributed by atoms with van der Waals surface area (Å²) in [5.41, 5.74) is 0. The molecular weight excluding hydrogens is 423 g/mol. The van der Waals surface area contributed by atoms with Gasteiger partial charge in [0, 0.05) is 6.04 Å². The first-order valence-electron chi connectivity index (χ1n) is 11.6. The van der Waals surface area contributed by atoms with Gasteiger partial charge in [0.15, 0.2) is 5.78 Å². The van der Waals surface area contributed by atoms with Crippen LogP contribution in [0.25, 0.3) is 0 Å². The smallest absolute Gasteiger partial charge is 0.415 e. The lowest BCUT2D eigenvalue weighted by atomic mass is 9.89. The summed E-state index contributed by atoms with van der Waals surface area (Å²) < 4.78 is 26.5. The third kappa shape index (κ3) is 7.11. The summed E-state index contributed by atoms with van der Waals surface area (Å²) in [6, 6.07) is 18.3. The zero-order valence-electron chi connectivity index (χ0n) is 19.0. The number of nitrogens with one attached hydrogen (secondary N) is 2. The van der Waals surface area contributed by atoms with Gasteiger partial charge >= 0.3 is 7.60 Å². The van der Waals surface area contributed by atoms with Crippen molar-refractivity contribution < 1.29 is 18.4 Å². The van der Waals surface area contributed by atoms with Gasteiger partial charge in [-0.3, -0.25) is 4.79 Å². The fourth-order valence-corrected chi connectivity index (χ4v) is 6.13. The van der Waals surface area contributed by atoms with E-state index in [0.717, 1.165) is 38.5 Å². The highest BCUT2D eigenvalue weighted by molar-refractivity contribution is 7.55. The van der Waals surface area contributed by atoms with E-state index < -0.39 is 13.4 Å². The predicted molar refractivity (Wildman–Crippen MR) is 128 cm³/mol. The Kier molecular flexibility index (Phi) is 9.19. The first kappa shape index (κ1) is 24.3. The van der Waals surface area contributed by atoms with Gasteiger partial charge in [-0.15, -0.1) is 0 Å². The molecule has 3 rings (SSSR count). The third-order valence-corrected chi connectivity index (χ3v) is 8.08. The zero-order chi connectivity index (χ0) is 22.8. The molecule has 1 fully saturated rings. The van der Waals surface area contributed by atoms with Crippen LogP contribution in [0.1, 0.15) is 52.4 Å². The van der Waals surface area contributed by atoms with Gasteiger partial charge in [0.05, 0.1) is 6.54 Å². The molecule has 7 heteroatoms. The van der Waals surface area contributed by atoms with Crippen LogP contribution in [0.4, 0.5) is 0 Å². The van der Waals surface area contributed by atoms with Gasteiger partial charge in [0.1, 0.15) is 11.5 Å². The molecule has 0 aliphatic heterocycles. The van der Waals surface area contributed by atoms with E-state index in [-0.39, 0.29) is 24.4 Å². The predicted octanol–water partition coefficient (Wildman–Crippen LogP) is 5.75. The molecule has 32 heavy (non-hydrogen) atoms. The van der Waals surface area contributed by atoms with Crippen LogP contribution in [0.5, 0.6) is 11.5 Å². The topological polar surface area (TPSA) is 76.7 Å². The molecule has 2 atom stereocenters. The lowest BCUT2D eigenvalue weighted by Crippen LogP contribution is -2.47. The molecule has 174 valence electrons. The monoisotopic (exact) mass is 458 g/mol. The molecule has 1 aliphatic rings. The first-order valence-corrected chi connectivity index (χ1v) is 13.2. The molecule has 2 aromatic rings. The highest BCUT2D eigenvalue weighted by Gasteiger charge is 2.45. The van der Waals surface area contributed by atoms with Crippen LogP contribution in [0.2, 0.25) is 0 Å². The minimum atomic E-state index is -3.81. The first-order chi connectivity index (χ1) is 15.5. The van der Waals surface area contributed by atoms with E-state index in [1.807, 2.05) is 43.3 Å². The van der Waals surface area contributed by atoms with Crippen LogP contribution in [0, 0.1) is 5.92 Å². The summed E-state index contributed by atoms with van der Waals surface area (Å²) in [6.07, 6.45) is 5.91. The van der Waals surface area contributed by atoms with Crippen LogP contribution in [-0.4, -0.2) is 24.3 Å². The molecule has 0 saturated heterocycles. The van der Waals surface area contributed by atoms with Gasteiger partial charge in [-0.05, 0) is 56.4 Å². The second-order valence-electron chi connectivity index (χ2n) is 8.45. The van der Waals surface area contributed by atoms with Crippen LogP contribution in [-0.2, 0) is 9.36 Å². The van der Waals surface area contributed by atoms with Crippen molar-refractivity contribution in [3.05, 3.63) is 60.7 Å². The molecule has 1 amide bonds. The van der Waals surface area contributed by atoms with Crippen molar-refractivity contribution in [1.82, 2.24) is 10.6 Å². The van der Waals surface area contributed by atoms with E-state index in [1.54, 1.807) is 24.3 Å². The number of hydrogen-bond donors (Lipinski definition) is 2. The van der Waals surface area contributed by atoms with E-state index in [9.17, 15) is 9.36 Å². The van der Waals surface area contributed by atoms with Crippen molar-refractivity contribution in [3.8, 4) is 11.5 Å². The van der Waals surface area contributed by atoms with Gasteiger partial charge in [0.2, 0.25) is 5.91 Å². The number of carbonyl (C=O) groups excluding carboxylic acids is 1. The average Bonchev–Trinajstić information content (AvgIpc) is 2.82. The highest BCUT2D eigenvalue weighted by Crippen LogP contribution is 2.56. The van der Waals surface area contributed by atoms with Crippen LogP contribution < -0.4 is 19.7 Å². The van der Waals surface area contributed by atoms with E-state index in [1.165, 1.54) is 0 Å². The van der Waals surface area contributed by atoms with Gasteiger partial charge in [-0.2, -0.15) is 0 Å². The summed E-state index contributed by atoms with van der Waals surface area (Å²) in [4.78, 5) is 12.9. The van der Waals surface area contributed by atoms with Crippen molar-refractivity contribution in [2.24, 2.45) is 5.92 Å². The molecule has 0 spiro atoms. The van der Waals surface area contributed by atoms with E-state index in [2.05, 4.69) is 17.6 Å². The number of para-hydroxylation sites is 2. The Morgan fingerprint density at radius 3 is 2.00 bits per heavy atom. The summed E-state index contributed by atoms with van der Waals surface area (Å²) >= 11 is 0. The molecule has 0 radical (unpaired) electrons. The molecule has 0 heterocycles. The van der Waals surface area contributed by atoms with Gasteiger partial charge in [-0.25, -0.2) is 4.57 Å². The maximum Gasteiger partial charge on any atom is 0.453 e. The van der Waals surface area contributed by atoms with Crippen molar-refractivity contribution in [2.45, 2.75) is 64.2 Å². The summed E-state index contributed by atoms with van der Waals surface area (Å²) in [5.74, 6) is 0.0116. The normalized spacial score (nSPS) is 16.7. The van der Waals surface area contributed by atoms with Gasteiger partial charge < -0.3 is 19.7 Å². The molecule has 6 nitrogen and oxygen atoms in total. The SMILES string of the molecule is CCC(C)NCC(=O)NC(C1CCCCC1)P(=O)(Oc1ccccc1)Oc1ccccc1. The molecule has 2 N–H and O–H groups in total. The van der Waals surface area contributed by atoms with Crippen molar-refractivity contribution >= 4 is 13.5 Å². The average molecular weight is 459 g/mol. The van der Waals surface area contributed by atoms with E-state index in [0.29, 0.717) is 11.5 Å². The van der Waals surface area contributed by atoms with Crippen molar-refractivity contribution in [1.29, 1.82) is 0 Å². The standard InChI is InChI=1S/C25H35N2O4P/c1-3-20(2)26-19-24(28)27-25(21-13-7-4-8-14-21)32(29,30-22-15-9-5-10-16-22)31-23-17-11-6-12-18-23/h5-6,9-12,15-18,20-21,25-26H,3-4,7-8,13-14,19H2,1-2H3,(H,27,28). The molecule has 1 saturated carbocycles. The molecule has 1 aliphatic carbocycles. The molecule has 0 aromatic heterocycles. The Morgan fingerprint density at radius 2 is 1.50 bits per heavy atom. The second-order valence-corrected chi connectivity index (χ2v) is 10.5. The number of benzene rings is 2. The minimum absolute atomic E-state index is 0.0227. The molecule has 2 aromatic carbocycles. The maximum absolute atomic E-state index is 14.4.